The highest BCUT2D eigenvalue weighted by Gasteiger charge is 2.51. The molecule has 5 atom stereocenters. The van der Waals surface area contributed by atoms with Crippen LogP contribution in [0.3, 0.4) is 0 Å². The van der Waals surface area contributed by atoms with Crippen molar-refractivity contribution >= 4 is 24.2 Å². The molecular formula is C22H39BrOSi. The molecule has 2 saturated carbocycles. The summed E-state index contributed by atoms with van der Waals surface area (Å²) in [6.45, 7) is 16.0. The standard InChI is InChI=1S/C22H39BrOSi/c1-17(10-8-14-21(2,3)24-25(5,6)7)19-12-13-20-18(16-23)11-9-15-22(19,20)4/h17-20H,9-13,15-16H2,1-7H3/t17-,18?,19-,20+,22-/m1/s1. The highest BCUT2D eigenvalue weighted by atomic mass is 79.9. The molecule has 25 heavy (non-hydrogen) atoms. The molecule has 2 aliphatic carbocycles. The average Bonchev–Trinajstić information content (AvgIpc) is 2.81. The van der Waals surface area contributed by atoms with Gasteiger partial charge in [0.1, 0.15) is 5.60 Å². The summed E-state index contributed by atoms with van der Waals surface area (Å²) in [5.74, 6) is 10.3. The maximum absolute atomic E-state index is 6.23. The van der Waals surface area contributed by atoms with Crippen molar-refractivity contribution in [2.24, 2.45) is 29.1 Å². The van der Waals surface area contributed by atoms with E-state index < -0.39 is 8.32 Å². The summed E-state index contributed by atoms with van der Waals surface area (Å²) >= 11 is 3.78. The number of hydrogen-bond donors (Lipinski definition) is 0. The first-order valence-corrected chi connectivity index (χ1v) is 14.8. The van der Waals surface area contributed by atoms with Crippen molar-refractivity contribution in [3.8, 4) is 11.8 Å². The van der Waals surface area contributed by atoms with Crippen molar-refractivity contribution in [3.63, 3.8) is 0 Å². The summed E-state index contributed by atoms with van der Waals surface area (Å²) in [5, 5.41) is 1.19. The predicted molar refractivity (Wildman–Crippen MR) is 116 cm³/mol. The molecule has 0 amide bonds. The van der Waals surface area contributed by atoms with Gasteiger partial charge in [0.05, 0.1) is 0 Å². The number of alkyl halides is 1. The summed E-state index contributed by atoms with van der Waals surface area (Å²) in [5.41, 5.74) is 0.236. The third-order valence-electron chi connectivity index (χ3n) is 6.60. The zero-order valence-electron chi connectivity index (χ0n) is 17.5. The summed E-state index contributed by atoms with van der Waals surface area (Å²) in [6, 6.07) is 0. The van der Waals surface area contributed by atoms with Crippen LogP contribution in [0.25, 0.3) is 0 Å². The van der Waals surface area contributed by atoms with Crippen LogP contribution in [-0.2, 0) is 4.43 Å². The average molecular weight is 428 g/mol. The molecule has 0 heterocycles. The Hall–Kier alpha value is 0.217. The van der Waals surface area contributed by atoms with Gasteiger partial charge in [-0.3, -0.25) is 0 Å². The Labute approximate surface area is 166 Å². The summed E-state index contributed by atoms with van der Waals surface area (Å²) in [4.78, 5) is 0. The smallest absolute Gasteiger partial charge is 0.185 e. The summed E-state index contributed by atoms with van der Waals surface area (Å²) < 4.78 is 6.23. The molecule has 1 unspecified atom stereocenters. The molecule has 0 spiro atoms. The van der Waals surface area contributed by atoms with E-state index in [1.165, 1.54) is 37.4 Å². The topological polar surface area (TPSA) is 9.23 Å². The molecule has 2 aliphatic rings. The highest BCUT2D eigenvalue weighted by molar-refractivity contribution is 9.09. The number of hydrogen-bond acceptors (Lipinski definition) is 1. The lowest BCUT2D eigenvalue weighted by atomic mass is 9.59. The van der Waals surface area contributed by atoms with Crippen molar-refractivity contribution in [1.82, 2.24) is 0 Å². The van der Waals surface area contributed by atoms with Crippen LogP contribution >= 0.6 is 15.9 Å². The summed E-state index contributed by atoms with van der Waals surface area (Å²) in [7, 11) is -1.55. The fourth-order valence-corrected chi connectivity index (χ4v) is 8.22. The first kappa shape index (κ1) is 21.5. The van der Waals surface area contributed by atoms with E-state index in [1.807, 2.05) is 0 Å². The van der Waals surface area contributed by atoms with Crippen molar-refractivity contribution in [2.45, 2.75) is 91.5 Å². The largest absolute Gasteiger partial charge is 0.402 e. The molecule has 0 aromatic carbocycles. The van der Waals surface area contributed by atoms with Crippen LogP contribution in [0.5, 0.6) is 0 Å². The second kappa shape index (κ2) is 8.07. The van der Waals surface area contributed by atoms with Gasteiger partial charge < -0.3 is 4.43 Å². The zero-order chi connectivity index (χ0) is 18.9. The molecule has 0 saturated heterocycles. The highest BCUT2D eigenvalue weighted by Crippen LogP contribution is 2.60. The van der Waals surface area contributed by atoms with Crippen molar-refractivity contribution in [2.75, 3.05) is 5.33 Å². The second-order valence-corrected chi connectivity index (χ2v) is 15.4. The number of rotatable bonds is 5. The van der Waals surface area contributed by atoms with Crippen LogP contribution < -0.4 is 0 Å². The monoisotopic (exact) mass is 426 g/mol. The first-order valence-electron chi connectivity index (χ1n) is 10.2. The Balaban J connectivity index is 2.00. The minimum absolute atomic E-state index is 0.307. The van der Waals surface area contributed by atoms with Crippen molar-refractivity contribution < 1.29 is 4.43 Å². The molecule has 2 fully saturated rings. The normalized spacial score (nSPS) is 34.2. The predicted octanol–water partition coefficient (Wildman–Crippen LogP) is 6.87. The van der Waals surface area contributed by atoms with E-state index in [0.717, 1.165) is 24.2 Å². The van der Waals surface area contributed by atoms with Gasteiger partial charge in [-0.2, -0.15) is 0 Å². The fraction of sp³-hybridized carbons (Fsp3) is 0.909. The van der Waals surface area contributed by atoms with E-state index in [1.54, 1.807) is 0 Å². The molecular weight excluding hydrogens is 388 g/mol. The van der Waals surface area contributed by atoms with Gasteiger partial charge >= 0.3 is 0 Å². The Morgan fingerprint density at radius 1 is 1.24 bits per heavy atom. The second-order valence-electron chi connectivity index (χ2n) is 10.3. The Kier molecular flexibility index (Phi) is 6.95. The van der Waals surface area contributed by atoms with E-state index in [0.29, 0.717) is 11.3 Å². The molecule has 3 heteroatoms. The minimum Gasteiger partial charge on any atom is -0.402 e. The quantitative estimate of drug-likeness (QED) is 0.264. The molecule has 0 aromatic heterocycles. The van der Waals surface area contributed by atoms with Crippen LogP contribution in [0, 0.1) is 40.9 Å². The van der Waals surface area contributed by atoms with Crippen LogP contribution in [0.2, 0.25) is 19.6 Å². The molecule has 0 aromatic rings. The maximum Gasteiger partial charge on any atom is 0.185 e. The Morgan fingerprint density at radius 2 is 1.92 bits per heavy atom. The lowest BCUT2D eigenvalue weighted by Crippen LogP contribution is -2.39. The van der Waals surface area contributed by atoms with Gasteiger partial charge in [-0.15, -0.1) is 5.92 Å². The number of fused-ring (bicyclic) bond motifs is 1. The SMILES string of the molecule is C[C@H](CC#CC(C)(C)O[Si](C)(C)C)[C@H]1CC[C@H]2C(CBr)CCC[C@]12C. The first-order chi connectivity index (χ1) is 11.5. The molecule has 1 nitrogen and oxygen atoms in total. The molecule has 2 rings (SSSR count). The molecule has 0 aliphatic heterocycles. The third kappa shape index (κ3) is 5.36. The van der Waals surface area contributed by atoms with Crippen LogP contribution in [0.1, 0.15) is 66.2 Å². The third-order valence-corrected chi connectivity index (χ3v) is 8.56. The molecule has 0 bridgehead atoms. The van der Waals surface area contributed by atoms with Crippen LogP contribution in [-0.4, -0.2) is 19.2 Å². The van der Waals surface area contributed by atoms with E-state index >= 15 is 0 Å². The van der Waals surface area contributed by atoms with E-state index in [2.05, 4.69) is 75.1 Å². The van der Waals surface area contributed by atoms with E-state index in [-0.39, 0.29) is 5.60 Å². The van der Waals surface area contributed by atoms with Gasteiger partial charge in [-0.25, -0.2) is 0 Å². The summed E-state index contributed by atoms with van der Waals surface area (Å²) in [6.07, 6.45) is 8.11. The van der Waals surface area contributed by atoms with Gasteiger partial charge in [0, 0.05) is 11.8 Å². The Bertz CT molecular complexity index is 512. The minimum atomic E-state index is -1.55. The van der Waals surface area contributed by atoms with Gasteiger partial charge in [0.15, 0.2) is 8.32 Å². The lowest BCUT2D eigenvalue weighted by molar-refractivity contribution is 0.0398. The van der Waals surface area contributed by atoms with Gasteiger partial charge in [-0.1, -0.05) is 42.1 Å². The molecule has 0 radical (unpaired) electrons. The van der Waals surface area contributed by atoms with E-state index in [4.69, 9.17) is 4.43 Å². The maximum atomic E-state index is 6.23. The van der Waals surface area contributed by atoms with E-state index in [9.17, 15) is 0 Å². The molecule has 144 valence electrons. The van der Waals surface area contributed by atoms with Gasteiger partial charge in [-0.05, 0) is 88.3 Å². The van der Waals surface area contributed by atoms with Crippen LogP contribution in [0.4, 0.5) is 0 Å². The zero-order valence-corrected chi connectivity index (χ0v) is 20.1. The van der Waals surface area contributed by atoms with Gasteiger partial charge in [0.2, 0.25) is 0 Å². The fourth-order valence-electron chi connectivity index (χ4n) is 5.86. The number of halogens is 1. The van der Waals surface area contributed by atoms with Crippen molar-refractivity contribution in [1.29, 1.82) is 0 Å². The molecule has 0 N–H and O–H groups in total. The van der Waals surface area contributed by atoms with Crippen LogP contribution in [0.15, 0.2) is 0 Å². The Morgan fingerprint density at radius 3 is 2.52 bits per heavy atom. The van der Waals surface area contributed by atoms with Crippen molar-refractivity contribution in [3.05, 3.63) is 0 Å². The van der Waals surface area contributed by atoms with Gasteiger partial charge in [0.25, 0.3) is 0 Å². The lowest BCUT2D eigenvalue weighted by Gasteiger charge is -2.46.